The van der Waals surface area contributed by atoms with Crippen LogP contribution in [0.25, 0.3) is 0 Å². The van der Waals surface area contributed by atoms with Gasteiger partial charge in [-0.2, -0.15) is 0 Å². The Morgan fingerprint density at radius 3 is 2.33 bits per heavy atom. The van der Waals surface area contributed by atoms with Crippen LogP contribution in [-0.2, 0) is 4.65 Å². The molecular weight excluding hydrogens is 183 g/mol. The minimum Gasteiger partial charge on any atom is -0.430 e. The van der Waals surface area contributed by atoms with Gasteiger partial charge >= 0.3 is 6.92 Å². The fraction of sp³-hybridized carbons (Fsp3) is 0.231. The second-order valence-electron chi connectivity index (χ2n) is 3.32. The smallest absolute Gasteiger partial charge is 0.361 e. The summed E-state index contributed by atoms with van der Waals surface area (Å²) >= 11 is 0. The Labute approximate surface area is 92.6 Å². The third-order valence-electron chi connectivity index (χ3n) is 2.33. The molecule has 1 aromatic rings. The molecule has 0 heterocycles. The van der Waals surface area contributed by atoms with E-state index in [2.05, 4.69) is 24.3 Å². The highest BCUT2D eigenvalue weighted by atomic mass is 16.4. The Balaban J connectivity index is 2.98. The van der Waals surface area contributed by atoms with Crippen molar-refractivity contribution in [1.29, 1.82) is 0 Å². The van der Waals surface area contributed by atoms with Crippen LogP contribution in [0.15, 0.2) is 54.0 Å². The number of allylic oxidation sites excluding steroid dienone is 4. The highest BCUT2D eigenvalue weighted by Crippen LogP contribution is 2.05. The summed E-state index contributed by atoms with van der Waals surface area (Å²) in [7, 11) is 1.74. The maximum Gasteiger partial charge on any atom is 0.361 e. The standard InChI is InChI=1S/C13H17BO/c1-4-9-12(5-2)14(15-3)13-10-7-6-8-11-13/h4-11H,1-3H3/b9-4-,12-5+. The molecule has 0 saturated carbocycles. The third-order valence-corrected chi connectivity index (χ3v) is 2.33. The van der Waals surface area contributed by atoms with E-state index in [1.165, 1.54) is 10.9 Å². The van der Waals surface area contributed by atoms with Gasteiger partial charge in [0.2, 0.25) is 0 Å². The van der Waals surface area contributed by atoms with Crippen LogP contribution in [0.2, 0.25) is 0 Å². The molecule has 0 atom stereocenters. The van der Waals surface area contributed by atoms with E-state index >= 15 is 0 Å². The first kappa shape index (κ1) is 11.8. The molecule has 0 fully saturated rings. The molecule has 0 saturated heterocycles. The summed E-state index contributed by atoms with van der Waals surface area (Å²) in [5.41, 5.74) is 2.37. The van der Waals surface area contributed by atoms with Crippen LogP contribution in [0.3, 0.4) is 0 Å². The largest absolute Gasteiger partial charge is 0.430 e. The number of rotatable bonds is 4. The van der Waals surface area contributed by atoms with Crippen LogP contribution in [0.1, 0.15) is 13.8 Å². The van der Waals surface area contributed by atoms with Crippen LogP contribution < -0.4 is 5.46 Å². The summed E-state index contributed by atoms with van der Waals surface area (Å²) in [4.78, 5) is 0. The van der Waals surface area contributed by atoms with Crippen molar-refractivity contribution < 1.29 is 4.65 Å². The first-order valence-corrected chi connectivity index (χ1v) is 5.20. The molecule has 0 aliphatic heterocycles. The third kappa shape index (κ3) is 3.10. The summed E-state index contributed by atoms with van der Waals surface area (Å²) < 4.78 is 5.52. The lowest BCUT2D eigenvalue weighted by Gasteiger charge is -2.12. The quantitative estimate of drug-likeness (QED) is 0.536. The number of benzene rings is 1. The summed E-state index contributed by atoms with van der Waals surface area (Å²) in [6.07, 6.45) is 6.20. The van der Waals surface area contributed by atoms with E-state index in [4.69, 9.17) is 4.65 Å². The van der Waals surface area contributed by atoms with Crippen LogP contribution in [0, 0.1) is 0 Å². The second kappa shape index (κ2) is 6.25. The van der Waals surface area contributed by atoms with Crippen LogP contribution >= 0.6 is 0 Å². The molecule has 0 aromatic heterocycles. The molecule has 0 aliphatic carbocycles. The van der Waals surface area contributed by atoms with Crippen molar-refractivity contribution in [2.45, 2.75) is 13.8 Å². The molecule has 0 unspecified atom stereocenters. The number of hydrogen-bond donors (Lipinski definition) is 0. The summed E-state index contributed by atoms with van der Waals surface area (Å²) in [6, 6.07) is 10.2. The monoisotopic (exact) mass is 200 g/mol. The molecule has 0 amide bonds. The normalized spacial score (nSPS) is 12.1. The molecule has 1 rings (SSSR count). The molecule has 2 heteroatoms. The van der Waals surface area contributed by atoms with Crippen molar-refractivity contribution in [3.63, 3.8) is 0 Å². The van der Waals surface area contributed by atoms with Gasteiger partial charge in [0.25, 0.3) is 0 Å². The molecule has 15 heavy (non-hydrogen) atoms. The summed E-state index contributed by atoms with van der Waals surface area (Å²) in [5, 5.41) is 0. The van der Waals surface area contributed by atoms with E-state index in [1.54, 1.807) is 7.11 Å². The molecule has 0 aliphatic rings. The van der Waals surface area contributed by atoms with Crippen LogP contribution in [0.5, 0.6) is 0 Å². The van der Waals surface area contributed by atoms with E-state index in [0.29, 0.717) is 0 Å². The first-order chi connectivity index (χ1) is 7.33. The molecule has 0 radical (unpaired) electrons. The van der Waals surface area contributed by atoms with Crippen LogP contribution in [-0.4, -0.2) is 14.0 Å². The highest BCUT2D eigenvalue weighted by molar-refractivity contribution is 6.74. The van der Waals surface area contributed by atoms with Crippen molar-refractivity contribution >= 4 is 12.4 Å². The average molecular weight is 200 g/mol. The summed E-state index contributed by atoms with van der Waals surface area (Å²) in [5.74, 6) is 0. The molecular formula is C13H17BO. The number of hydrogen-bond acceptors (Lipinski definition) is 1. The zero-order valence-corrected chi connectivity index (χ0v) is 9.60. The van der Waals surface area contributed by atoms with Gasteiger partial charge in [0.05, 0.1) is 0 Å². The van der Waals surface area contributed by atoms with Crippen molar-refractivity contribution in [3.05, 3.63) is 54.0 Å². The topological polar surface area (TPSA) is 9.23 Å². The van der Waals surface area contributed by atoms with Crippen molar-refractivity contribution in [1.82, 2.24) is 0 Å². The maximum absolute atomic E-state index is 5.52. The lowest BCUT2D eigenvalue weighted by Crippen LogP contribution is -2.34. The van der Waals surface area contributed by atoms with Crippen LogP contribution in [0.4, 0.5) is 0 Å². The minimum atomic E-state index is 0.0346. The first-order valence-electron chi connectivity index (χ1n) is 5.20. The van der Waals surface area contributed by atoms with E-state index in [0.717, 1.165) is 0 Å². The predicted octanol–water partition coefficient (Wildman–Crippen LogP) is 2.59. The van der Waals surface area contributed by atoms with Crippen molar-refractivity contribution in [2.75, 3.05) is 7.11 Å². The van der Waals surface area contributed by atoms with Gasteiger partial charge in [-0.15, -0.1) is 0 Å². The summed E-state index contributed by atoms with van der Waals surface area (Å²) in [6.45, 7) is 4.08. The highest BCUT2D eigenvalue weighted by Gasteiger charge is 2.19. The zero-order valence-electron chi connectivity index (χ0n) is 9.60. The zero-order chi connectivity index (χ0) is 11.1. The Hall–Kier alpha value is -1.28. The Morgan fingerprint density at radius 1 is 1.20 bits per heavy atom. The van der Waals surface area contributed by atoms with Gasteiger partial charge in [-0.25, -0.2) is 0 Å². The second-order valence-corrected chi connectivity index (χ2v) is 3.32. The lowest BCUT2D eigenvalue weighted by molar-refractivity contribution is 0.436. The van der Waals surface area contributed by atoms with Gasteiger partial charge in [0.15, 0.2) is 0 Å². The Morgan fingerprint density at radius 2 is 1.87 bits per heavy atom. The average Bonchev–Trinajstić information content (AvgIpc) is 2.30. The molecule has 78 valence electrons. The lowest BCUT2D eigenvalue weighted by atomic mass is 9.54. The van der Waals surface area contributed by atoms with Gasteiger partial charge in [-0.05, 0) is 24.8 Å². The van der Waals surface area contributed by atoms with E-state index in [1.807, 2.05) is 38.1 Å². The van der Waals surface area contributed by atoms with Gasteiger partial charge in [-0.3, -0.25) is 0 Å². The SMILES string of the molecule is C/C=C\C(=C/C)B(OC)c1ccccc1. The Kier molecular flexibility index (Phi) is 4.92. The molecule has 0 N–H and O–H groups in total. The Bertz CT molecular complexity index is 341. The maximum atomic E-state index is 5.52. The predicted molar refractivity (Wildman–Crippen MR) is 67.4 cm³/mol. The molecule has 1 aromatic carbocycles. The molecule has 1 nitrogen and oxygen atoms in total. The van der Waals surface area contributed by atoms with Gasteiger partial charge in [-0.1, -0.05) is 48.6 Å². The van der Waals surface area contributed by atoms with E-state index < -0.39 is 0 Å². The van der Waals surface area contributed by atoms with E-state index in [9.17, 15) is 0 Å². The molecule has 0 spiro atoms. The molecule has 0 bridgehead atoms. The fourth-order valence-electron chi connectivity index (χ4n) is 1.62. The minimum absolute atomic E-state index is 0.0346. The van der Waals surface area contributed by atoms with Gasteiger partial charge < -0.3 is 4.65 Å². The van der Waals surface area contributed by atoms with Crippen molar-refractivity contribution in [3.8, 4) is 0 Å². The van der Waals surface area contributed by atoms with E-state index in [-0.39, 0.29) is 6.92 Å². The van der Waals surface area contributed by atoms with Crippen molar-refractivity contribution in [2.24, 2.45) is 0 Å². The fourth-order valence-corrected chi connectivity index (χ4v) is 1.62. The van der Waals surface area contributed by atoms with Gasteiger partial charge in [0, 0.05) is 7.11 Å². The van der Waals surface area contributed by atoms with Gasteiger partial charge in [0.1, 0.15) is 0 Å².